The van der Waals surface area contributed by atoms with Crippen molar-refractivity contribution in [3.05, 3.63) is 28.7 Å². The number of benzene rings is 1. The van der Waals surface area contributed by atoms with Gasteiger partial charge in [-0.2, -0.15) is 0 Å². The first-order valence-electron chi connectivity index (χ1n) is 8.88. The summed E-state index contributed by atoms with van der Waals surface area (Å²) < 4.78 is 33.5. The Labute approximate surface area is 153 Å². The van der Waals surface area contributed by atoms with Crippen LogP contribution in [0.2, 0.25) is 0 Å². The predicted molar refractivity (Wildman–Crippen MR) is 99.7 cm³/mol. The van der Waals surface area contributed by atoms with Gasteiger partial charge in [-0.15, -0.1) is 0 Å². The molecule has 1 aromatic carbocycles. The van der Waals surface area contributed by atoms with Gasteiger partial charge in [-0.05, 0) is 30.5 Å². The van der Waals surface area contributed by atoms with E-state index in [-0.39, 0.29) is 16.6 Å². The monoisotopic (exact) mass is 382 g/mol. The second-order valence-corrected chi connectivity index (χ2v) is 8.84. The number of fused-ring (bicyclic) bond motifs is 1. The van der Waals surface area contributed by atoms with Crippen LogP contribution in [-0.2, 0) is 14.8 Å². The van der Waals surface area contributed by atoms with E-state index in [2.05, 4.69) is 33.4 Å². The first-order valence-corrected chi connectivity index (χ1v) is 10.4. The van der Waals surface area contributed by atoms with Crippen molar-refractivity contribution >= 4 is 21.1 Å². The van der Waals surface area contributed by atoms with Crippen LogP contribution in [0.25, 0.3) is 11.0 Å². The van der Waals surface area contributed by atoms with Crippen LogP contribution in [0.4, 0.5) is 0 Å². The van der Waals surface area contributed by atoms with E-state index in [1.54, 1.807) is 6.07 Å². The highest BCUT2D eigenvalue weighted by Crippen LogP contribution is 2.17. The molecule has 0 bridgehead atoms. The van der Waals surface area contributed by atoms with Crippen LogP contribution in [0.1, 0.15) is 20.3 Å². The highest BCUT2D eigenvalue weighted by molar-refractivity contribution is 7.89. The van der Waals surface area contributed by atoms with Gasteiger partial charge in [0.15, 0.2) is 0 Å². The number of hydrogen-bond donors (Lipinski definition) is 3. The summed E-state index contributed by atoms with van der Waals surface area (Å²) in [6.45, 7) is 7.61. The largest absolute Gasteiger partial charge is 0.379 e. The van der Waals surface area contributed by atoms with Crippen molar-refractivity contribution in [2.24, 2.45) is 5.92 Å². The number of sulfonamides is 1. The van der Waals surface area contributed by atoms with Gasteiger partial charge < -0.3 is 14.7 Å². The summed E-state index contributed by atoms with van der Waals surface area (Å²) in [5.74, 6) is 0.466. The van der Waals surface area contributed by atoms with Crippen LogP contribution in [0.15, 0.2) is 27.9 Å². The van der Waals surface area contributed by atoms with E-state index in [4.69, 9.17) is 4.74 Å². The zero-order valence-corrected chi connectivity index (χ0v) is 15.9. The van der Waals surface area contributed by atoms with Crippen molar-refractivity contribution in [2.45, 2.75) is 31.2 Å². The topological polar surface area (TPSA) is 107 Å². The van der Waals surface area contributed by atoms with Gasteiger partial charge in [0.2, 0.25) is 10.0 Å². The van der Waals surface area contributed by atoms with E-state index in [9.17, 15) is 13.2 Å². The molecule has 1 aliphatic heterocycles. The van der Waals surface area contributed by atoms with Crippen LogP contribution in [0, 0.1) is 5.92 Å². The summed E-state index contributed by atoms with van der Waals surface area (Å²) in [5.41, 5.74) is 0.705. The smallest absolute Gasteiger partial charge is 0.323 e. The third-order valence-corrected chi connectivity index (χ3v) is 6.03. The number of nitrogens with one attached hydrogen (secondary N) is 3. The minimum atomic E-state index is -3.66. The number of aromatic amines is 2. The second-order valence-electron chi connectivity index (χ2n) is 7.07. The molecule has 0 saturated carbocycles. The fourth-order valence-electron chi connectivity index (χ4n) is 3.32. The highest BCUT2D eigenvalue weighted by atomic mass is 32.2. The lowest BCUT2D eigenvalue weighted by atomic mass is 10.0. The maximum absolute atomic E-state index is 12.7. The van der Waals surface area contributed by atoms with Crippen molar-refractivity contribution < 1.29 is 13.2 Å². The summed E-state index contributed by atoms with van der Waals surface area (Å²) in [6, 6.07) is 4.70. The second kappa shape index (κ2) is 7.91. The Hall–Kier alpha value is -1.68. The van der Waals surface area contributed by atoms with Gasteiger partial charge in [-0.3, -0.25) is 4.90 Å². The standard InChI is InChI=1S/C17H26N4O4S/c1-12(2)9-13(21-5-7-25-8-6-21)11-18-26(23,24)14-3-4-15-16(10-14)20-17(22)19-15/h3-4,10,12-13,18H,5-9,11H2,1-2H3,(H2,19,20,22)/t13-/m0/s1. The average Bonchev–Trinajstić information content (AvgIpc) is 2.98. The molecule has 3 rings (SSSR count). The zero-order chi connectivity index (χ0) is 18.7. The lowest BCUT2D eigenvalue weighted by Gasteiger charge is -2.35. The van der Waals surface area contributed by atoms with Crippen molar-refractivity contribution in [3.8, 4) is 0 Å². The Balaban J connectivity index is 1.74. The number of hydrogen-bond acceptors (Lipinski definition) is 5. The summed E-state index contributed by atoms with van der Waals surface area (Å²) in [6.07, 6.45) is 0.909. The highest BCUT2D eigenvalue weighted by Gasteiger charge is 2.24. The molecule has 26 heavy (non-hydrogen) atoms. The number of aromatic nitrogens is 2. The van der Waals surface area contributed by atoms with E-state index in [1.165, 1.54) is 12.1 Å². The first kappa shape index (κ1) is 19.1. The van der Waals surface area contributed by atoms with Gasteiger partial charge in [0.05, 0.1) is 29.1 Å². The SMILES string of the molecule is CC(C)C[C@@H](CNS(=O)(=O)c1ccc2[nH]c(=O)[nH]c2c1)N1CCOCC1. The molecule has 0 spiro atoms. The molecule has 0 radical (unpaired) electrons. The third-order valence-electron chi connectivity index (χ3n) is 4.61. The fourth-order valence-corrected chi connectivity index (χ4v) is 4.41. The number of H-pyrrole nitrogens is 2. The molecule has 1 fully saturated rings. The molecule has 3 N–H and O–H groups in total. The quantitative estimate of drug-likeness (QED) is 0.659. The van der Waals surface area contributed by atoms with Crippen LogP contribution >= 0.6 is 0 Å². The van der Waals surface area contributed by atoms with E-state index in [1.807, 2.05) is 0 Å². The van der Waals surface area contributed by atoms with Crippen LogP contribution < -0.4 is 10.4 Å². The Morgan fingerprint density at radius 1 is 1.19 bits per heavy atom. The number of rotatable bonds is 7. The first-order chi connectivity index (χ1) is 12.3. The van der Waals surface area contributed by atoms with E-state index >= 15 is 0 Å². The Bertz CT molecular complexity index is 897. The summed E-state index contributed by atoms with van der Waals surface area (Å²) in [7, 11) is -3.66. The molecule has 1 aromatic heterocycles. The van der Waals surface area contributed by atoms with Crippen LogP contribution in [0.3, 0.4) is 0 Å². The number of imidazole rings is 1. The van der Waals surface area contributed by atoms with Gasteiger partial charge in [0.25, 0.3) is 0 Å². The van der Waals surface area contributed by atoms with Gasteiger partial charge in [-0.1, -0.05) is 13.8 Å². The lowest BCUT2D eigenvalue weighted by molar-refractivity contribution is 0.0134. The van der Waals surface area contributed by atoms with E-state index in [0.29, 0.717) is 36.7 Å². The molecule has 144 valence electrons. The van der Waals surface area contributed by atoms with Gasteiger partial charge >= 0.3 is 5.69 Å². The summed E-state index contributed by atoms with van der Waals surface area (Å²) in [4.78, 5) is 19.0. The molecule has 0 aliphatic carbocycles. The van der Waals surface area contributed by atoms with Gasteiger partial charge in [0.1, 0.15) is 0 Å². The molecular weight excluding hydrogens is 356 g/mol. The summed E-state index contributed by atoms with van der Waals surface area (Å²) in [5, 5.41) is 0. The molecule has 1 aliphatic rings. The van der Waals surface area contributed by atoms with Gasteiger partial charge in [0, 0.05) is 25.7 Å². The van der Waals surface area contributed by atoms with Crippen molar-refractivity contribution in [3.63, 3.8) is 0 Å². The molecule has 8 nitrogen and oxygen atoms in total. The van der Waals surface area contributed by atoms with Crippen molar-refractivity contribution in [2.75, 3.05) is 32.8 Å². The Morgan fingerprint density at radius 3 is 2.58 bits per heavy atom. The number of morpholine rings is 1. The minimum absolute atomic E-state index is 0.129. The molecule has 0 unspecified atom stereocenters. The number of nitrogens with zero attached hydrogens (tertiary/aromatic N) is 1. The maximum Gasteiger partial charge on any atom is 0.323 e. The maximum atomic E-state index is 12.7. The number of ether oxygens (including phenoxy) is 1. The molecule has 1 saturated heterocycles. The third kappa shape index (κ3) is 4.53. The minimum Gasteiger partial charge on any atom is -0.379 e. The fraction of sp³-hybridized carbons (Fsp3) is 0.588. The average molecular weight is 382 g/mol. The van der Waals surface area contributed by atoms with Gasteiger partial charge in [-0.25, -0.2) is 17.9 Å². The zero-order valence-electron chi connectivity index (χ0n) is 15.1. The van der Waals surface area contributed by atoms with Crippen molar-refractivity contribution in [1.82, 2.24) is 19.6 Å². The van der Waals surface area contributed by atoms with E-state index < -0.39 is 10.0 Å². The predicted octanol–water partition coefficient (Wildman–Crippen LogP) is 0.881. The Morgan fingerprint density at radius 2 is 1.88 bits per heavy atom. The van der Waals surface area contributed by atoms with Crippen LogP contribution in [-0.4, -0.2) is 62.2 Å². The van der Waals surface area contributed by atoms with E-state index in [0.717, 1.165) is 19.5 Å². The molecule has 2 heterocycles. The molecular formula is C17H26N4O4S. The Kier molecular flexibility index (Phi) is 5.81. The molecule has 9 heteroatoms. The van der Waals surface area contributed by atoms with Crippen LogP contribution in [0.5, 0.6) is 0 Å². The summed E-state index contributed by atoms with van der Waals surface area (Å²) >= 11 is 0. The normalized spacial score (nSPS) is 17.8. The molecule has 0 amide bonds. The molecule has 2 aromatic rings. The van der Waals surface area contributed by atoms with Crippen molar-refractivity contribution in [1.29, 1.82) is 0 Å². The molecule has 1 atom stereocenters. The lowest BCUT2D eigenvalue weighted by Crippen LogP contribution is -2.49.